The van der Waals surface area contributed by atoms with Crippen molar-refractivity contribution in [2.24, 2.45) is 11.8 Å². The van der Waals surface area contributed by atoms with Crippen LogP contribution in [0.3, 0.4) is 0 Å². The second-order valence-electron chi connectivity index (χ2n) is 8.07. The van der Waals surface area contributed by atoms with Gasteiger partial charge in [0.2, 0.25) is 17.7 Å². The molecule has 2 fully saturated rings. The van der Waals surface area contributed by atoms with Crippen LogP contribution in [0.4, 0.5) is 5.13 Å². The van der Waals surface area contributed by atoms with Crippen LogP contribution in [-0.4, -0.2) is 34.2 Å². The maximum absolute atomic E-state index is 12.5. The first-order valence-corrected chi connectivity index (χ1v) is 11.2. The predicted octanol–water partition coefficient (Wildman–Crippen LogP) is 3.41. The smallest absolute Gasteiger partial charge is 0.233 e. The number of aromatic nitrogens is 1. The normalized spacial score (nSPS) is 22.8. The molecule has 1 N–H and O–H groups in total. The SMILES string of the molecule is O=C(CCN1C(=O)[C@H]2CCCC[C@H]2C1=O)Nc1nc2c(s1)CCc1ccccc1-2. The minimum atomic E-state index is -0.208. The van der Waals surface area contributed by atoms with Gasteiger partial charge in [-0.15, -0.1) is 11.3 Å². The molecule has 5 rings (SSSR count). The summed E-state index contributed by atoms with van der Waals surface area (Å²) in [5.74, 6) is -0.711. The van der Waals surface area contributed by atoms with E-state index in [-0.39, 0.29) is 42.5 Å². The molecule has 0 radical (unpaired) electrons. The number of fused-ring (bicyclic) bond motifs is 4. The summed E-state index contributed by atoms with van der Waals surface area (Å²) < 4.78 is 0. The summed E-state index contributed by atoms with van der Waals surface area (Å²) >= 11 is 1.51. The monoisotopic (exact) mass is 409 g/mol. The Morgan fingerprint density at radius 1 is 1.10 bits per heavy atom. The molecule has 2 heterocycles. The van der Waals surface area contributed by atoms with Gasteiger partial charge in [-0.25, -0.2) is 4.98 Å². The number of nitrogens with one attached hydrogen (secondary N) is 1. The third kappa shape index (κ3) is 3.27. The first-order valence-electron chi connectivity index (χ1n) is 10.3. The number of anilines is 1. The average molecular weight is 410 g/mol. The highest BCUT2D eigenvalue weighted by molar-refractivity contribution is 7.16. The van der Waals surface area contributed by atoms with Crippen LogP contribution in [0.1, 0.15) is 42.5 Å². The molecule has 1 aromatic heterocycles. The van der Waals surface area contributed by atoms with Crippen molar-refractivity contribution < 1.29 is 14.4 Å². The van der Waals surface area contributed by atoms with Gasteiger partial charge in [-0.2, -0.15) is 0 Å². The Kier molecular flexibility index (Phi) is 4.70. The number of benzene rings is 1. The molecular formula is C22H23N3O3S. The fourth-order valence-electron chi connectivity index (χ4n) is 4.85. The molecule has 1 saturated carbocycles. The zero-order valence-corrected chi connectivity index (χ0v) is 17.0. The molecule has 0 unspecified atom stereocenters. The summed E-state index contributed by atoms with van der Waals surface area (Å²) in [5.41, 5.74) is 3.39. The second kappa shape index (κ2) is 7.37. The number of amides is 3. The van der Waals surface area contributed by atoms with E-state index in [0.717, 1.165) is 49.8 Å². The highest BCUT2D eigenvalue weighted by Crippen LogP contribution is 2.39. The van der Waals surface area contributed by atoms with Crippen molar-refractivity contribution in [2.75, 3.05) is 11.9 Å². The number of carbonyl (C=O) groups excluding carboxylic acids is 3. The Morgan fingerprint density at radius 3 is 2.59 bits per heavy atom. The minimum Gasteiger partial charge on any atom is -0.302 e. The number of likely N-dealkylation sites (tertiary alicyclic amines) is 1. The van der Waals surface area contributed by atoms with Crippen molar-refractivity contribution in [3.63, 3.8) is 0 Å². The summed E-state index contributed by atoms with van der Waals surface area (Å²) in [7, 11) is 0. The van der Waals surface area contributed by atoms with E-state index in [1.54, 1.807) is 0 Å². The van der Waals surface area contributed by atoms with Gasteiger partial charge in [-0.05, 0) is 31.2 Å². The summed E-state index contributed by atoms with van der Waals surface area (Å²) in [4.78, 5) is 44.7. The van der Waals surface area contributed by atoms with Crippen molar-refractivity contribution in [1.82, 2.24) is 9.88 Å². The number of hydrogen-bond acceptors (Lipinski definition) is 5. The van der Waals surface area contributed by atoms with Gasteiger partial charge in [-0.1, -0.05) is 37.1 Å². The van der Waals surface area contributed by atoms with Crippen LogP contribution >= 0.6 is 11.3 Å². The van der Waals surface area contributed by atoms with Crippen molar-refractivity contribution >= 4 is 34.2 Å². The maximum Gasteiger partial charge on any atom is 0.233 e. The summed E-state index contributed by atoms with van der Waals surface area (Å²) in [6.07, 6.45) is 5.63. The number of carbonyl (C=O) groups is 3. The summed E-state index contributed by atoms with van der Waals surface area (Å²) in [6, 6.07) is 8.24. The zero-order chi connectivity index (χ0) is 20.0. The van der Waals surface area contributed by atoms with E-state index in [4.69, 9.17) is 0 Å². The van der Waals surface area contributed by atoms with E-state index in [1.165, 1.54) is 26.7 Å². The molecule has 3 amide bonds. The zero-order valence-electron chi connectivity index (χ0n) is 16.1. The maximum atomic E-state index is 12.5. The van der Waals surface area contributed by atoms with Crippen LogP contribution in [0.15, 0.2) is 24.3 Å². The van der Waals surface area contributed by atoms with Crippen molar-refractivity contribution in [1.29, 1.82) is 0 Å². The fraction of sp³-hybridized carbons (Fsp3) is 0.455. The van der Waals surface area contributed by atoms with E-state index < -0.39 is 0 Å². The first kappa shape index (κ1) is 18.5. The molecule has 0 spiro atoms. The quantitative estimate of drug-likeness (QED) is 0.785. The number of imide groups is 1. The van der Waals surface area contributed by atoms with Gasteiger partial charge in [0.05, 0.1) is 17.5 Å². The van der Waals surface area contributed by atoms with Crippen LogP contribution in [0.25, 0.3) is 11.3 Å². The van der Waals surface area contributed by atoms with Gasteiger partial charge in [0.1, 0.15) is 0 Å². The van der Waals surface area contributed by atoms with Gasteiger partial charge < -0.3 is 5.32 Å². The Bertz CT molecular complexity index is 975. The second-order valence-corrected chi connectivity index (χ2v) is 9.16. The molecule has 150 valence electrons. The molecule has 2 atom stereocenters. The molecule has 3 aliphatic rings. The van der Waals surface area contributed by atoms with Gasteiger partial charge in [0.25, 0.3) is 0 Å². The third-order valence-corrected chi connectivity index (χ3v) is 7.36. The molecular weight excluding hydrogens is 386 g/mol. The number of thiazole rings is 1. The van der Waals surface area contributed by atoms with E-state index in [1.807, 2.05) is 12.1 Å². The molecule has 1 aliphatic heterocycles. The number of aryl methyl sites for hydroxylation is 2. The fourth-order valence-corrected chi connectivity index (χ4v) is 5.84. The van der Waals surface area contributed by atoms with Gasteiger partial charge in [0, 0.05) is 23.4 Å². The van der Waals surface area contributed by atoms with Crippen molar-refractivity contribution in [3.8, 4) is 11.3 Å². The van der Waals surface area contributed by atoms with Crippen molar-refractivity contribution in [3.05, 3.63) is 34.7 Å². The topological polar surface area (TPSA) is 79.4 Å². The first-order chi connectivity index (χ1) is 14.1. The third-order valence-electron chi connectivity index (χ3n) is 6.33. The lowest BCUT2D eigenvalue weighted by Gasteiger charge is -2.19. The van der Waals surface area contributed by atoms with Crippen LogP contribution < -0.4 is 5.32 Å². The van der Waals surface area contributed by atoms with Crippen molar-refractivity contribution in [2.45, 2.75) is 44.9 Å². The molecule has 2 aliphatic carbocycles. The molecule has 1 aromatic carbocycles. The largest absolute Gasteiger partial charge is 0.302 e. The lowest BCUT2D eigenvalue weighted by atomic mass is 9.81. The molecule has 0 bridgehead atoms. The lowest BCUT2D eigenvalue weighted by Crippen LogP contribution is -2.34. The minimum absolute atomic E-state index is 0.0891. The molecule has 1 saturated heterocycles. The highest BCUT2D eigenvalue weighted by atomic mass is 32.1. The van der Waals surface area contributed by atoms with Crippen LogP contribution in [-0.2, 0) is 27.2 Å². The predicted molar refractivity (Wildman–Crippen MR) is 110 cm³/mol. The van der Waals surface area contributed by atoms with Gasteiger partial charge in [0.15, 0.2) is 5.13 Å². The average Bonchev–Trinajstić information content (AvgIpc) is 3.26. The Hall–Kier alpha value is -2.54. The Morgan fingerprint density at radius 2 is 1.83 bits per heavy atom. The number of rotatable bonds is 4. The van der Waals surface area contributed by atoms with E-state index >= 15 is 0 Å². The summed E-state index contributed by atoms with van der Waals surface area (Å²) in [6.45, 7) is 0.157. The number of nitrogens with zero attached hydrogens (tertiary/aromatic N) is 2. The molecule has 7 heteroatoms. The van der Waals surface area contributed by atoms with E-state index in [9.17, 15) is 14.4 Å². The van der Waals surface area contributed by atoms with Crippen LogP contribution in [0, 0.1) is 11.8 Å². The molecule has 6 nitrogen and oxygen atoms in total. The Balaban J connectivity index is 1.23. The molecule has 2 aromatic rings. The highest BCUT2D eigenvalue weighted by Gasteiger charge is 2.47. The molecule has 29 heavy (non-hydrogen) atoms. The van der Waals surface area contributed by atoms with Gasteiger partial charge in [-0.3, -0.25) is 19.3 Å². The van der Waals surface area contributed by atoms with Crippen LogP contribution in [0.2, 0.25) is 0 Å². The van der Waals surface area contributed by atoms with E-state index in [2.05, 4.69) is 22.4 Å². The number of hydrogen-bond donors (Lipinski definition) is 1. The Labute approximate surface area is 173 Å². The lowest BCUT2D eigenvalue weighted by molar-refractivity contribution is -0.140. The van der Waals surface area contributed by atoms with Gasteiger partial charge >= 0.3 is 0 Å². The standard InChI is InChI=1S/C22H23N3O3S/c26-18(11-12-25-20(27)15-7-3-4-8-16(15)21(25)28)23-22-24-19-14-6-2-1-5-13(14)9-10-17(19)29-22/h1-2,5-6,15-16H,3-4,7-12H2,(H,23,24,26)/t15-,16+. The van der Waals surface area contributed by atoms with E-state index in [0.29, 0.717) is 5.13 Å². The summed E-state index contributed by atoms with van der Waals surface area (Å²) in [5, 5.41) is 3.45. The van der Waals surface area contributed by atoms with Crippen LogP contribution in [0.5, 0.6) is 0 Å².